The van der Waals surface area contributed by atoms with Crippen LogP contribution in [-0.4, -0.2) is 24.7 Å². The standard InChI is InChI=1S/C20H20N2O4/c1-13(12-19(24)22-17-6-4-5-7-18(17)26-3)20(25)21-16-10-8-15(9-11-16)14(2)23/h4-12H,1-3H3,(H,21,25)(H,22,24)/b13-12-. The van der Waals surface area contributed by atoms with Gasteiger partial charge in [0.05, 0.1) is 12.8 Å². The minimum absolute atomic E-state index is 0.0491. The molecule has 0 aromatic heterocycles. The Morgan fingerprint density at radius 3 is 2.19 bits per heavy atom. The lowest BCUT2D eigenvalue weighted by atomic mass is 10.1. The summed E-state index contributed by atoms with van der Waals surface area (Å²) in [6, 6.07) is 13.5. The zero-order chi connectivity index (χ0) is 19.1. The van der Waals surface area contributed by atoms with E-state index in [0.29, 0.717) is 22.7 Å². The van der Waals surface area contributed by atoms with E-state index in [-0.39, 0.29) is 11.4 Å². The summed E-state index contributed by atoms with van der Waals surface area (Å²) < 4.78 is 5.17. The lowest BCUT2D eigenvalue weighted by Gasteiger charge is -2.09. The Bertz CT molecular complexity index is 854. The number of carbonyl (C=O) groups is 3. The molecule has 0 saturated carbocycles. The number of anilines is 2. The second-order valence-electron chi connectivity index (χ2n) is 5.60. The van der Waals surface area contributed by atoms with Crippen molar-refractivity contribution in [3.8, 4) is 5.75 Å². The first-order valence-corrected chi connectivity index (χ1v) is 7.95. The molecule has 0 unspecified atom stereocenters. The highest BCUT2D eigenvalue weighted by atomic mass is 16.5. The molecule has 2 N–H and O–H groups in total. The molecule has 0 heterocycles. The molecule has 26 heavy (non-hydrogen) atoms. The summed E-state index contributed by atoms with van der Waals surface area (Å²) in [5.41, 5.74) is 1.86. The smallest absolute Gasteiger partial charge is 0.251 e. The maximum absolute atomic E-state index is 12.2. The van der Waals surface area contributed by atoms with E-state index in [1.165, 1.54) is 20.1 Å². The number of ketones is 1. The van der Waals surface area contributed by atoms with Crippen molar-refractivity contribution < 1.29 is 19.1 Å². The Morgan fingerprint density at radius 1 is 0.923 bits per heavy atom. The van der Waals surface area contributed by atoms with Gasteiger partial charge in [-0.25, -0.2) is 0 Å². The Morgan fingerprint density at radius 2 is 1.58 bits per heavy atom. The van der Waals surface area contributed by atoms with Crippen LogP contribution in [0.1, 0.15) is 24.2 Å². The maximum atomic E-state index is 12.2. The highest BCUT2D eigenvalue weighted by molar-refractivity contribution is 6.10. The zero-order valence-corrected chi connectivity index (χ0v) is 14.8. The fourth-order valence-electron chi connectivity index (χ4n) is 2.20. The summed E-state index contributed by atoms with van der Waals surface area (Å²) in [5, 5.41) is 5.35. The Labute approximate surface area is 151 Å². The molecule has 6 nitrogen and oxygen atoms in total. The molecular weight excluding hydrogens is 332 g/mol. The number of hydrogen-bond donors (Lipinski definition) is 2. The minimum atomic E-state index is -0.436. The first-order valence-electron chi connectivity index (χ1n) is 7.95. The number of rotatable bonds is 6. The average Bonchev–Trinajstić information content (AvgIpc) is 2.62. The molecule has 2 aromatic carbocycles. The van der Waals surface area contributed by atoms with Gasteiger partial charge in [-0.05, 0) is 50.2 Å². The summed E-state index contributed by atoms with van der Waals surface area (Å²) in [6.07, 6.45) is 1.21. The van der Waals surface area contributed by atoms with E-state index < -0.39 is 11.8 Å². The van der Waals surface area contributed by atoms with E-state index in [4.69, 9.17) is 4.74 Å². The summed E-state index contributed by atoms with van der Waals surface area (Å²) in [7, 11) is 1.51. The number of Topliss-reactive ketones (excluding diaryl/α,β-unsaturated/α-hetero) is 1. The molecule has 0 aliphatic rings. The maximum Gasteiger partial charge on any atom is 0.251 e. The van der Waals surface area contributed by atoms with Crippen molar-refractivity contribution in [1.29, 1.82) is 0 Å². The van der Waals surface area contributed by atoms with Crippen molar-refractivity contribution in [3.05, 3.63) is 65.7 Å². The quantitative estimate of drug-likeness (QED) is 0.616. The van der Waals surface area contributed by atoms with E-state index in [1.807, 2.05) is 0 Å². The lowest BCUT2D eigenvalue weighted by molar-refractivity contribution is -0.114. The lowest BCUT2D eigenvalue weighted by Crippen LogP contribution is -2.16. The van der Waals surface area contributed by atoms with Gasteiger partial charge in [-0.15, -0.1) is 0 Å². The molecule has 0 radical (unpaired) electrons. The van der Waals surface area contributed by atoms with Gasteiger partial charge >= 0.3 is 0 Å². The molecule has 0 atom stereocenters. The van der Waals surface area contributed by atoms with Crippen LogP contribution >= 0.6 is 0 Å². The van der Waals surface area contributed by atoms with Crippen LogP contribution in [0.15, 0.2) is 60.2 Å². The number of hydrogen-bond acceptors (Lipinski definition) is 4. The monoisotopic (exact) mass is 352 g/mol. The predicted molar refractivity (Wildman–Crippen MR) is 100 cm³/mol. The number of para-hydroxylation sites is 2. The SMILES string of the molecule is COc1ccccc1NC(=O)/C=C(/C)C(=O)Nc1ccc(C(C)=O)cc1. The second-order valence-corrected chi connectivity index (χ2v) is 5.60. The van der Waals surface area contributed by atoms with E-state index in [2.05, 4.69) is 10.6 Å². The summed E-state index contributed by atoms with van der Waals surface area (Å²) >= 11 is 0. The van der Waals surface area contributed by atoms with Gasteiger partial charge in [0.25, 0.3) is 5.91 Å². The molecule has 2 aromatic rings. The first kappa shape index (κ1) is 18.9. The fourth-order valence-corrected chi connectivity index (χ4v) is 2.20. The number of carbonyl (C=O) groups excluding carboxylic acids is 3. The third kappa shape index (κ3) is 5.04. The average molecular weight is 352 g/mol. The van der Waals surface area contributed by atoms with Crippen LogP contribution < -0.4 is 15.4 Å². The van der Waals surface area contributed by atoms with Crippen LogP contribution in [0.25, 0.3) is 0 Å². The predicted octanol–water partition coefficient (Wildman–Crippen LogP) is 3.42. The molecule has 134 valence electrons. The van der Waals surface area contributed by atoms with Gasteiger partial charge in [0.2, 0.25) is 5.91 Å². The van der Waals surface area contributed by atoms with E-state index in [0.717, 1.165) is 0 Å². The van der Waals surface area contributed by atoms with Crippen molar-refractivity contribution in [3.63, 3.8) is 0 Å². The molecule has 2 amide bonds. The number of nitrogens with one attached hydrogen (secondary N) is 2. The van der Waals surface area contributed by atoms with Gasteiger partial charge in [0.15, 0.2) is 5.78 Å². The number of amides is 2. The highest BCUT2D eigenvalue weighted by Gasteiger charge is 2.10. The van der Waals surface area contributed by atoms with Crippen LogP contribution in [0.3, 0.4) is 0 Å². The first-order chi connectivity index (χ1) is 12.4. The Balaban J connectivity index is 2.02. The summed E-state index contributed by atoms with van der Waals surface area (Å²) in [5.74, 6) is -0.362. The van der Waals surface area contributed by atoms with Gasteiger partial charge in [0, 0.05) is 22.9 Å². The zero-order valence-electron chi connectivity index (χ0n) is 14.8. The Kier molecular flexibility index (Phi) is 6.27. The molecule has 2 rings (SSSR count). The third-order valence-corrected chi connectivity index (χ3v) is 3.62. The van der Waals surface area contributed by atoms with Crippen molar-refractivity contribution in [2.75, 3.05) is 17.7 Å². The molecule has 0 aliphatic carbocycles. The van der Waals surface area contributed by atoms with Gasteiger partial charge in [-0.1, -0.05) is 12.1 Å². The van der Waals surface area contributed by atoms with Crippen LogP contribution in [0.4, 0.5) is 11.4 Å². The molecule has 0 aliphatic heterocycles. The van der Waals surface area contributed by atoms with Crippen LogP contribution in [-0.2, 0) is 9.59 Å². The van der Waals surface area contributed by atoms with Gasteiger partial charge < -0.3 is 15.4 Å². The molecular formula is C20H20N2O4. The van der Waals surface area contributed by atoms with Gasteiger partial charge in [0.1, 0.15) is 5.75 Å². The molecule has 0 spiro atoms. The van der Waals surface area contributed by atoms with Gasteiger partial charge in [-0.2, -0.15) is 0 Å². The number of benzene rings is 2. The van der Waals surface area contributed by atoms with E-state index in [9.17, 15) is 14.4 Å². The van der Waals surface area contributed by atoms with Gasteiger partial charge in [-0.3, -0.25) is 14.4 Å². The molecule has 6 heteroatoms. The summed E-state index contributed by atoms with van der Waals surface area (Å²) in [6.45, 7) is 3.02. The highest BCUT2D eigenvalue weighted by Crippen LogP contribution is 2.23. The molecule has 0 saturated heterocycles. The Hall–Kier alpha value is -3.41. The molecule has 0 bridgehead atoms. The number of methoxy groups -OCH3 is 1. The van der Waals surface area contributed by atoms with Crippen molar-refractivity contribution >= 4 is 29.0 Å². The largest absolute Gasteiger partial charge is 0.495 e. The van der Waals surface area contributed by atoms with Crippen molar-refractivity contribution in [2.45, 2.75) is 13.8 Å². The van der Waals surface area contributed by atoms with Crippen LogP contribution in [0, 0.1) is 0 Å². The van der Waals surface area contributed by atoms with Crippen LogP contribution in [0.5, 0.6) is 5.75 Å². The van der Waals surface area contributed by atoms with E-state index >= 15 is 0 Å². The second kappa shape index (κ2) is 8.62. The molecule has 0 fully saturated rings. The fraction of sp³-hybridized carbons (Fsp3) is 0.150. The van der Waals surface area contributed by atoms with Crippen LogP contribution in [0.2, 0.25) is 0 Å². The number of ether oxygens (including phenoxy) is 1. The minimum Gasteiger partial charge on any atom is -0.495 e. The van der Waals surface area contributed by atoms with Crippen molar-refractivity contribution in [1.82, 2.24) is 0 Å². The third-order valence-electron chi connectivity index (χ3n) is 3.62. The summed E-state index contributed by atoms with van der Waals surface area (Å²) in [4.78, 5) is 35.6. The van der Waals surface area contributed by atoms with E-state index in [1.54, 1.807) is 55.5 Å². The normalized spacial score (nSPS) is 10.8. The topological polar surface area (TPSA) is 84.5 Å². The van der Waals surface area contributed by atoms with Crippen molar-refractivity contribution in [2.24, 2.45) is 0 Å².